The van der Waals surface area contributed by atoms with Crippen LogP contribution >= 0.6 is 0 Å². The maximum absolute atomic E-state index is 13.3. The zero-order chi connectivity index (χ0) is 22.1. The maximum atomic E-state index is 13.3. The van der Waals surface area contributed by atoms with Crippen molar-refractivity contribution in [2.45, 2.75) is 62.3 Å². The van der Waals surface area contributed by atoms with Crippen LogP contribution in [0, 0.1) is 5.92 Å². The molecule has 1 aromatic heterocycles. The first kappa shape index (κ1) is 21.6. The highest BCUT2D eigenvalue weighted by Crippen LogP contribution is 2.35. The summed E-state index contributed by atoms with van der Waals surface area (Å²) in [6.45, 7) is 1.59. The summed E-state index contributed by atoms with van der Waals surface area (Å²) in [5.74, 6) is 0.0718. The van der Waals surface area contributed by atoms with Crippen LogP contribution in [0.5, 0.6) is 0 Å². The largest absolute Gasteiger partial charge is 0.335 e. The smallest absolute Gasteiger partial charge is 0.243 e. The Balaban J connectivity index is 1.25. The number of hydrogen-bond donors (Lipinski definition) is 0. The maximum Gasteiger partial charge on any atom is 0.243 e. The Kier molecular flexibility index (Phi) is 6.03. The highest BCUT2D eigenvalue weighted by atomic mass is 32.2. The molecular formula is C25H31N3O3S. The van der Waals surface area contributed by atoms with E-state index in [2.05, 4.69) is 4.98 Å². The van der Waals surface area contributed by atoms with Gasteiger partial charge in [0, 0.05) is 37.9 Å². The summed E-state index contributed by atoms with van der Waals surface area (Å²) >= 11 is 0. The minimum absolute atomic E-state index is 0.104. The molecular weight excluding hydrogens is 422 g/mol. The molecule has 2 saturated heterocycles. The quantitative estimate of drug-likeness (QED) is 0.707. The molecule has 5 rings (SSSR count). The topological polar surface area (TPSA) is 70.6 Å². The molecule has 32 heavy (non-hydrogen) atoms. The third-order valence-corrected chi connectivity index (χ3v) is 9.28. The van der Waals surface area contributed by atoms with Crippen molar-refractivity contribution < 1.29 is 13.2 Å². The van der Waals surface area contributed by atoms with E-state index >= 15 is 0 Å². The van der Waals surface area contributed by atoms with Gasteiger partial charge in [0.05, 0.1) is 10.9 Å². The lowest BCUT2D eigenvalue weighted by atomic mass is 9.92. The second-order valence-corrected chi connectivity index (χ2v) is 11.2. The van der Waals surface area contributed by atoms with E-state index in [1.165, 1.54) is 17.5 Å². The lowest BCUT2D eigenvalue weighted by Gasteiger charge is -2.34. The molecule has 7 heteroatoms. The number of pyridine rings is 1. The Morgan fingerprint density at radius 3 is 2.34 bits per heavy atom. The van der Waals surface area contributed by atoms with Crippen LogP contribution in [0.2, 0.25) is 0 Å². The average Bonchev–Trinajstić information content (AvgIpc) is 3.34. The number of nitrogens with zero attached hydrogens (tertiary/aromatic N) is 3. The van der Waals surface area contributed by atoms with E-state index in [-0.39, 0.29) is 17.9 Å². The molecule has 1 aromatic carbocycles. The number of carbonyl (C=O) groups excluding carboxylic acids is 1. The molecule has 1 aliphatic carbocycles. The lowest BCUT2D eigenvalue weighted by molar-refractivity contribution is -0.137. The number of likely N-dealkylation sites (tertiary alicyclic amines) is 1. The Morgan fingerprint density at radius 1 is 0.875 bits per heavy atom. The minimum Gasteiger partial charge on any atom is -0.335 e. The zero-order valence-electron chi connectivity index (χ0n) is 18.4. The summed E-state index contributed by atoms with van der Waals surface area (Å²) in [6, 6.07) is 9.73. The van der Waals surface area contributed by atoms with E-state index in [0.717, 1.165) is 44.2 Å². The van der Waals surface area contributed by atoms with Gasteiger partial charge >= 0.3 is 0 Å². The molecule has 1 unspecified atom stereocenters. The zero-order valence-corrected chi connectivity index (χ0v) is 19.3. The van der Waals surface area contributed by atoms with Gasteiger partial charge in [-0.2, -0.15) is 4.31 Å². The number of sulfonamides is 1. The number of rotatable bonds is 4. The number of aromatic nitrogens is 1. The number of hydrogen-bond acceptors (Lipinski definition) is 4. The van der Waals surface area contributed by atoms with Gasteiger partial charge in [0.25, 0.3) is 0 Å². The molecule has 1 amide bonds. The molecule has 1 atom stereocenters. The summed E-state index contributed by atoms with van der Waals surface area (Å²) in [5, 5.41) is 0. The second kappa shape index (κ2) is 8.94. The molecule has 6 nitrogen and oxygen atoms in total. The van der Waals surface area contributed by atoms with Crippen LogP contribution in [0.3, 0.4) is 0 Å². The van der Waals surface area contributed by atoms with Crippen molar-refractivity contribution in [1.29, 1.82) is 0 Å². The van der Waals surface area contributed by atoms with E-state index in [4.69, 9.17) is 0 Å². The fourth-order valence-electron chi connectivity index (χ4n) is 5.56. The van der Waals surface area contributed by atoms with Crippen molar-refractivity contribution in [1.82, 2.24) is 14.2 Å². The molecule has 0 saturated carbocycles. The molecule has 2 aliphatic heterocycles. The summed E-state index contributed by atoms with van der Waals surface area (Å²) in [6.07, 6.45) is 11.0. The molecule has 3 aliphatic rings. The normalized spacial score (nSPS) is 22.6. The van der Waals surface area contributed by atoms with Crippen LogP contribution < -0.4 is 0 Å². The summed E-state index contributed by atoms with van der Waals surface area (Å²) in [5.41, 5.74) is 3.60. The number of piperidine rings is 1. The van der Waals surface area contributed by atoms with Crippen LogP contribution in [-0.2, 0) is 27.7 Å². The van der Waals surface area contributed by atoms with Crippen LogP contribution in [0.1, 0.15) is 61.3 Å². The number of amides is 1. The first-order chi connectivity index (χ1) is 15.5. The predicted octanol–water partition coefficient (Wildman–Crippen LogP) is 3.72. The fraction of sp³-hybridized carbons (Fsp3) is 0.520. The molecule has 0 spiro atoms. The van der Waals surface area contributed by atoms with Crippen molar-refractivity contribution in [2.24, 2.45) is 5.92 Å². The van der Waals surface area contributed by atoms with Gasteiger partial charge in [-0.1, -0.05) is 6.07 Å². The molecule has 0 bridgehead atoms. The Hall–Kier alpha value is -2.25. The van der Waals surface area contributed by atoms with E-state index < -0.39 is 10.0 Å². The van der Waals surface area contributed by atoms with Gasteiger partial charge in [0.1, 0.15) is 0 Å². The van der Waals surface area contributed by atoms with Gasteiger partial charge in [0.2, 0.25) is 15.9 Å². The first-order valence-corrected chi connectivity index (χ1v) is 13.3. The van der Waals surface area contributed by atoms with E-state index in [1.54, 1.807) is 22.8 Å². The number of benzene rings is 1. The van der Waals surface area contributed by atoms with Gasteiger partial charge in [-0.3, -0.25) is 9.78 Å². The third-order valence-electron chi connectivity index (χ3n) is 7.39. The Morgan fingerprint density at radius 2 is 1.59 bits per heavy atom. The van der Waals surface area contributed by atoms with Gasteiger partial charge < -0.3 is 4.90 Å². The molecule has 0 radical (unpaired) electrons. The standard InChI is InChI=1S/C25H31N3O3S/c29-25(28-15-3-6-24(28)20-9-13-26-14-10-20)21-11-16-27(17-12-21)32(30,31)23-8-7-19-4-1-2-5-22(19)18-23/h7-10,13-14,18,21,24H,1-6,11-12,15-17H2. The summed E-state index contributed by atoms with van der Waals surface area (Å²) < 4.78 is 28.1. The average molecular weight is 454 g/mol. The van der Waals surface area contributed by atoms with Gasteiger partial charge in [-0.05, 0) is 92.3 Å². The van der Waals surface area contributed by atoms with E-state index in [1.807, 2.05) is 29.2 Å². The van der Waals surface area contributed by atoms with Crippen molar-refractivity contribution in [3.63, 3.8) is 0 Å². The van der Waals surface area contributed by atoms with Crippen molar-refractivity contribution in [3.8, 4) is 0 Å². The van der Waals surface area contributed by atoms with E-state index in [0.29, 0.717) is 30.8 Å². The molecule has 2 fully saturated rings. The summed E-state index contributed by atoms with van der Waals surface area (Å²) in [4.78, 5) is 19.8. The number of carbonyl (C=O) groups is 1. The van der Waals surface area contributed by atoms with Crippen molar-refractivity contribution in [2.75, 3.05) is 19.6 Å². The van der Waals surface area contributed by atoms with Gasteiger partial charge in [0.15, 0.2) is 0 Å². The first-order valence-electron chi connectivity index (χ1n) is 11.9. The van der Waals surface area contributed by atoms with Crippen LogP contribution in [0.4, 0.5) is 0 Å². The number of fused-ring (bicyclic) bond motifs is 1. The molecule has 3 heterocycles. The number of aryl methyl sites for hydroxylation is 2. The highest BCUT2D eigenvalue weighted by Gasteiger charge is 2.37. The van der Waals surface area contributed by atoms with Crippen molar-refractivity contribution in [3.05, 3.63) is 59.4 Å². The van der Waals surface area contributed by atoms with Gasteiger partial charge in [-0.25, -0.2) is 8.42 Å². The SMILES string of the molecule is O=C(C1CCN(S(=O)(=O)c2ccc3c(c2)CCCC3)CC1)N1CCCC1c1ccncc1. The molecule has 170 valence electrons. The minimum atomic E-state index is -3.52. The van der Waals surface area contributed by atoms with E-state index in [9.17, 15) is 13.2 Å². The second-order valence-electron chi connectivity index (χ2n) is 9.29. The lowest BCUT2D eigenvalue weighted by Crippen LogP contribution is -2.44. The molecule has 2 aromatic rings. The summed E-state index contributed by atoms with van der Waals surface area (Å²) in [7, 11) is -3.52. The monoisotopic (exact) mass is 453 g/mol. The van der Waals surface area contributed by atoms with Crippen LogP contribution in [-0.4, -0.2) is 48.1 Å². The third kappa shape index (κ3) is 4.08. The predicted molar refractivity (Wildman–Crippen MR) is 122 cm³/mol. The van der Waals surface area contributed by atoms with Crippen molar-refractivity contribution >= 4 is 15.9 Å². The molecule has 0 N–H and O–H groups in total. The fourth-order valence-corrected chi connectivity index (χ4v) is 7.08. The Labute approximate surface area is 190 Å². The highest BCUT2D eigenvalue weighted by molar-refractivity contribution is 7.89. The van der Waals surface area contributed by atoms with Crippen LogP contribution in [0.25, 0.3) is 0 Å². The van der Waals surface area contributed by atoms with Gasteiger partial charge in [-0.15, -0.1) is 0 Å². The van der Waals surface area contributed by atoms with Crippen LogP contribution in [0.15, 0.2) is 47.6 Å². The Bertz CT molecular complexity index is 1080.